The van der Waals surface area contributed by atoms with E-state index in [1.807, 2.05) is 49.4 Å². The van der Waals surface area contributed by atoms with Gasteiger partial charge in [0.25, 0.3) is 0 Å². The molecular formula is C23H24N2O3. The van der Waals surface area contributed by atoms with Crippen LogP contribution in [0.25, 0.3) is 5.69 Å². The van der Waals surface area contributed by atoms with Crippen LogP contribution >= 0.6 is 0 Å². The first-order valence-electron chi connectivity index (χ1n) is 9.38. The lowest BCUT2D eigenvalue weighted by Crippen LogP contribution is -2.25. The van der Waals surface area contributed by atoms with Gasteiger partial charge in [0.05, 0.1) is 17.1 Å². The molecule has 0 saturated carbocycles. The largest absolute Gasteiger partial charge is 0.451 e. The summed E-state index contributed by atoms with van der Waals surface area (Å²) in [7, 11) is 0. The minimum absolute atomic E-state index is 0.221. The van der Waals surface area contributed by atoms with Crippen LogP contribution in [0.4, 0.5) is 0 Å². The molecule has 0 aliphatic heterocycles. The Morgan fingerprint density at radius 2 is 1.68 bits per heavy atom. The van der Waals surface area contributed by atoms with Gasteiger partial charge in [-0.2, -0.15) is 5.10 Å². The van der Waals surface area contributed by atoms with E-state index < -0.39 is 12.1 Å². The van der Waals surface area contributed by atoms with Crippen LogP contribution in [0.5, 0.6) is 0 Å². The van der Waals surface area contributed by atoms with E-state index in [0.29, 0.717) is 22.5 Å². The number of para-hydroxylation sites is 1. The zero-order valence-corrected chi connectivity index (χ0v) is 16.6. The van der Waals surface area contributed by atoms with Crippen molar-refractivity contribution in [3.63, 3.8) is 0 Å². The number of rotatable bonds is 6. The lowest BCUT2D eigenvalue weighted by Gasteiger charge is -2.13. The van der Waals surface area contributed by atoms with E-state index in [4.69, 9.17) is 4.74 Å². The first-order chi connectivity index (χ1) is 13.4. The van der Waals surface area contributed by atoms with E-state index in [1.54, 1.807) is 30.7 Å². The van der Waals surface area contributed by atoms with Gasteiger partial charge in [-0.05, 0) is 44.9 Å². The topological polar surface area (TPSA) is 61.2 Å². The van der Waals surface area contributed by atoms with Gasteiger partial charge in [-0.1, -0.05) is 49.4 Å². The maximum Gasteiger partial charge on any atom is 0.342 e. The number of benzene rings is 2. The summed E-state index contributed by atoms with van der Waals surface area (Å²) >= 11 is 0. The van der Waals surface area contributed by atoms with Crippen molar-refractivity contribution in [1.29, 1.82) is 0 Å². The van der Waals surface area contributed by atoms with Crippen LogP contribution in [0.1, 0.15) is 51.5 Å². The van der Waals surface area contributed by atoms with Crippen molar-refractivity contribution in [3.8, 4) is 5.69 Å². The fourth-order valence-corrected chi connectivity index (χ4v) is 3.17. The molecule has 1 aromatic heterocycles. The highest BCUT2D eigenvalue weighted by molar-refractivity contribution is 6.01. The number of hydrogen-bond donors (Lipinski definition) is 0. The van der Waals surface area contributed by atoms with E-state index in [0.717, 1.165) is 17.7 Å². The number of ketones is 1. The number of carbonyl (C=O) groups excluding carboxylic acids is 2. The molecule has 0 saturated heterocycles. The molecule has 2 aromatic carbocycles. The van der Waals surface area contributed by atoms with Crippen molar-refractivity contribution in [3.05, 3.63) is 82.7 Å². The van der Waals surface area contributed by atoms with Gasteiger partial charge in [-0.3, -0.25) is 4.79 Å². The average molecular weight is 376 g/mol. The summed E-state index contributed by atoms with van der Waals surface area (Å²) in [6, 6.07) is 17.0. The predicted molar refractivity (Wildman–Crippen MR) is 108 cm³/mol. The number of Topliss-reactive ketones (excluding diaryl/α,β-unsaturated/α-hetero) is 1. The number of aryl methyl sites for hydroxylation is 2. The van der Waals surface area contributed by atoms with Gasteiger partial charge in [-0.15, -0.1) is 0 Å². The van der Waals surface area contributed by atoms with Crippen LogP contribution in [-0.4, -0.2) is 27.6 Å². The number of carbonyl (C=O) groups is 2. The molecule has 0 fully saturated rings. The van der Waals surface area contributed by atoms with Crippen LogP contribution < -0.4 is 0 Å². The van der Waals surface area contributed by atoms with E-state index in [1.165, 1.54) is 0 Å². The van der Waals surface area contributed by atoms with E-state index in [9.17, 15) is 9.59 Å². The fourth-order valence-electron chi connectivity index (χ4n) is 3.17. The molecule has 0 spiro atoms. The molecule has 3 aromatic rings. The lowest BCUT2D eigenvalue weighted by atomic mass is 10.0. The predicted octanol–water partition coefficient (Wildman–Crippen LogP) is 4.48. The second-order valence-corrected chi connectivity index (χ2v) is 6.76. The minimum atomic E-state index is -0.876. The van der Waals surface area contributed by atoms with Gasteiger partial charge in [0.2, 0.25) is 5.78 Å². The Morgan fingerprint density at radius 3 is 2.29 bits per heavy atom. The van der Waals surface area contributed by atoms with Crippen molar-refractivity contribution >= 4 is 11.8 Å². The molecular weight excluding hydrogens is 352 g/mol. The van der Waals surface area contributed by atoms with Crippen LogP contribution in [0.15, 0.2) is 54.6 Å². The van der Waals surface area contributed by atoms with Gasteiger partial charge >= 0.3 is 5.97 Å². The number of hydrogen-bond acceptors (Lipinski definition) is 4. The normalized spacial score (nSPS) is 11.9. The highest BCUT2D eigenvalue weighted by atomic mass is 16.5. The third-order valence-electron chi connectivity index (χ3n) is 4.80. The molecule has 144 valence electrons. The Kier molecular flexibility index (Phi) is 5.73. The lowest BCUT2D eigenvalue weighted by molar-refractivity contribution is 0.0317. The zero-order chi connectivity index (χ0) is 20.3. The summed E-state index contributed by atoms with van der Waals surface area (Å²) in [6.45, 7) is 7.24. The maximum absolute atomic E-state index is 12.7. The first kappa shape index (κ1) is 19.5. The summed E-state index contributed by atoms with van der Waals surface area (Å²) in [5.74, 6) is -0.759. The van der Waals surface area contributed by atoms with Crippen LogP contribution in [-0.2, 0) is 11.2 Å². The molecule has 1 heterocycles. The van der Waals surface area contributed by atoms with Crippen molar-refractivity contribution in [2.24, 2.45) is 0 Å². The molecule has 5 heteroatoms. The smallest absolute Gasteiger partial charge is 0.342 e. The molecule has 5 nitrogen and oxygen atoms in total. The van der Waals surface area contributed by atoms with Crippen LogP contribution in [0, 0.1) is 13.8 Å². The molecule has 1 atom stereocenters. The molecule has 0 aliphatic rings. The summed E-state index contributed by atoms with van der Waals surface area (Å²) in [4.78, 5) is 25.4. The maximum atomic E-state index is 12.7. The number of esters is 1. The third-order valence-corrected chi connectivity index (χ3v) is 4.80. The highest BCUT2D eigenvalue weighted by Crippen LogP contribution is 2.20. The molecule has 0 amide bonds. The number of aromatic nitrogens is 2. The molecule has 0 unspecified atom stereocenters. The molecule has 0 N–H and O–H groups in total. The first-order valence-corrected chi connectivity index (χ1v) is 9.38. The molecule has 0 aliphatic carbocycles. The van der Waals surface area contributed by atoms with Crippen LogP contribution in [0.3, 0.4) is 0 Å². The minimum Gasteiger partial charge on any atom is -0.451 e. The van der Waals surface area contributed by atoms with Crippen molar-refractivity contribution in [2.75, 3.05) is 0 Å². The van der Waals surface area contributed by atoms with Crippen molar-refractivity contribution in [1.82, 2.24) is 9.78 Å². The van der Waals surface area contributed by atoms with Gasteiger partial charge in [0, 0.05) is 5.56 Å². The summed E-state index contributed by atoms with van der Waals surface area (Å²) in [5, 5.41) is 4.46. The third kappa shape index (κ3) is 3.88. The Labute approximate surface area is 165 Å². The SMILES string of the molecule is CCc1ccc(C(=O)[C@@H](C)OC(=O)c2c(C)nn(-c3ccccc3)c2C)cc1. The number of nitrogens with zero attached hydrogens (tertiary/aromatic N) is 2. The fraction of sp³-hybridized carbons (Fsp3) is 0.261. The Balaban J connectivity index is 1.79. The van der Waals surface area contributed by atoms with E-state index in [2.05, 4.69) is 12.0 Å². The van der Waals surface area contributed by atoms with Gasteiger partial charge < -0.3 is 4.74 Å². The summed E-state index contributed by atoms with van der Waals surface area (Å²) < 4.78 is 7.19. The molecule has 0 radical (unpaired) electrons. The molecule has 28 heavy (non-hydrogen) atoms. The van der Waals surface area contributed by atoms with Gasteiger partial charge in [0.1, 0.15) is 5.56 Å². The monoisotopic (exact) mass is 376 g/mol. The van der Waals surface area contributed by atoms with Crippen LogP contribution in [0.2, 0.25) is 0 Å². The van der Waals surface area contributed by atoms with E-state index in [-0.39, 0.29) is 5.78 Å². The zero-order valence-electron chi connectivity index (χ0n) is 16.6. The second-order valence-electron chi connectivity index (χ2n) is 6.76. The van der Waals surface area contributed by atoms with Gasteiger partial charge in [0.15, 0.2) is 6.10 Å². The van der Waals surface area contributed by atoms with Crippen molar-refractivity contribution < 1.29 is 14.3 Å². The quantitative estimate of drug-likeness (QED) is 0.470. The molecule has 3 rings (SSSR count). The standard InChI is InChI=1S/C23H24N2O3/c1-5-18-11-13-19(14-12-18)22(26)17(4)28-23(27)21-15(2)24-25(16(21)3)20-9-7-6-8-10-20/h6-14,17H,5H2,1-4H3/t17-/m1/s1. The Morgan fingerprint density at radius 1 is 1.04 bits per heavy atom. The van der Waals surface area contributed by atoms with E-state index >= 15 is 0 Å². The second kappa shape index (κ2) is 8.21. The summed E-state index contributed by atoms with van der Waals surface area (Å²) in [6.07, 6.45) is 0.0297. The summed E-state index contributed by atoms with van der Waals surface area (Å²) in [5.41, 5.74) is 4.19. The highest BCUT2D eigenvalue weighted by Gasteiger charge is 2.25. The molecule has 0 bridgehead atoms. The van der Waals surface area contributed by atoms with Gasteiger partial charge in [-0.25, -0.2) is 9.48 Å². The Hall–Kier alpha value is -3.21. The van der Waals surface area contributed by atoms with Crippen molar-refractivity contribution in [2.45, 2.75) is 40.2 Å². The number of ether oxygens (including phenoxy) is 1. The average Bonchev–Trinajstić information content (AvgIpc) is 3.02. The Bertz CT molecular complexity index is 989.